The lowest BCUT2D eigenvalue weighted by atomic mass is 9.82. The molecule has 1 atom stereocenters. The van der Waals surface area contributed by atoms with Crippen molar-refractivity contribution in [3.05, 3.63) is 223 Å². The third-order valence-corrected chi connectivity index (χ3v) is 15.1. The Hall–Kier alpha value is -8.40. The van der Waals surface area contributed by atoms with Crippen molar-refractivity contribution in [2.75, 3.05) is 0 Å². The Kier molecular flexibility index (Phi) is 7.74. The number of aromatic nitrogens is 1. The number of nitrogens with zero attached hydrogens (tertiary/aromatic N) is 1. The standard InChI is InChI=1S/C64H41NO2/c1-2-17-47-45(15-1)46-16-3-4-18-48(46)54-37-42(30-32-49(47)54)65-55-23-8-5-20-52(55)63-56(65)34-33-44-39(35-41-14-12-26-59-61(41)53-21-7-10-25-58(53)66-59)28-27-38-13-11-22-43(62(38)64(44)63)40-29-31-51-50-19-6-9-24-57(50)67-60(51)36-40/h1-26,29-34,36-37,39H,27-28,35H2. The summed E-state index contributed by atoms with van der Waals surface area (Å²) < 4.78 is 15.5. The van der Waals surface area contributed by atoms with E-state index in [9.17, 15) is 0 Å². The topological polar surface area (TPSA) is 31.2 Å². The zero-order valence-corrected chi connectivity index (χ0v) is 36.6. The van der Waals surface area contributed by atoms with Gasteiger partial charge in [-0.15, -0.1) is 0 Å². The van der Waals surface area contributed by atoms with E-state index in [1.807, 2.05) is 0 Å². The summed E-state index contributed by atoms with van der Waals surface area (Å²) in [5, 5.41) is 14.9. The van der Waals surface area contributed by atoms with E-state index in [2.05, 4.69) is 211 Å². The fourth-order valence-electron chi connectivity index (χ4n) is 12.2. The summed E-state index contributed by atoms with van der Waals surface area (Å²) in [7, 11) is 0. The van der Waals surface area contributed by atoms with E-state index >= 15 is 0 Å². The van der Waals surface area contributed by atoms with Crippen molar-refractivity contribution < 1.29 is 8.83 Å². The monoisotopic (exact) mass is 855 g/mol. The molecule has 3 heteroatoms. The first kappa shape index (κ1) is 36.9. The molecule has 0 saturated heterocycles. The van der Waals surface area contributed by atoms with Crippen LogP contribution in [0.5, 0.6) is 0 Å². The zero-order valence-electron chi connectivity index (χ0n) is 36.6. The van der Waals surface area contributed by atoms with Crippen LogP contribution in [0.25, 0.3) is 126 Å². The van der Waals surface area contributed by atoms with Crippen LogP contribution >= 0.6 is 0 Å². The van der Waals surface area contributed by atoms with Crippen molar-refractivity contribution in [3.8, 4) is 27.9 Å². The maximum atomic E-state index is 6.55. The van der Waals surface area contributed by atoms with Gasteiger partial charge in [0.2, 0.25) is 0 Å². The lowest BCUT2D eigenvalue weighted by molar-refractivity contribution is 0.630. The Morgan fingerprint density at radius 2 is 1.01 bits per heavy atom. The number of rotatable bonds is 4. The van der Waals surface area contributed by atoms with E-state index in [1.165, 1.54) is 98.3 Å². The minimum atomic E-state index is 0.249. The molecule has 67 heavy (non-hydrogen) atoms. The molecule has 15 rings (SSSR count). The van der Waals surface area contributed by atoms with Crippen molar-refractivity contribution in [2.45, 2.75) is 25.2 Å². The Bertz CT molecular complexity index is 4350. The van der Waals surface area contributed by atoms with Gasteiger partial charge in [0.25, 0.3) is 0 Å². The fourth-order valence-corrected chi connectivity index (χ4v) is 12.2. The molecular formula is C64H41NO2. The number of hydrogen-bond donors (Lipinski definition) is 0. The Labute approximate surface area is 385 Å². The van der Waals surface area contributed by atoms with Gasteiger partial charge in [0.1, 0.15) is 22.3 Å². The predicted molar refractivity (Wildman–Crippen MR) is 280 cm³/mol. The summed E-state index contributed by atoms with van der Waals surface area (Å²) >= 11 is 0. The van der Waals surface area contributed by atoms with Crippen molar-refractivity contribution in [1.29, 1.82) is 0 Å². The molecular weight excluding hydrogens is 815 g/mol. The second-order valence-electron chi connectivity index (χ2n) is 18.6. The van der Waals surface area contributed by atoms with Gasteiger partial charge >= 0.3 is 0 Å². The van der Waals surface area contributed by atoms with Crippen LogP contribution in [0.4, 0.5) is 0 Å². The molecule has 0 aliphatic heterocycles. The molecule has 0 amide bonds. The van der Waals surface area contributed by atoms with Crippen molar-refractivity contribution in [1.82, 2.24) is 4.57 Å². The molecule has 0 fully saturated rings. The van der Waals surface area contributed by atoms with Gasteiger partial charge in [-0.1, -0.05) is 152 Å². The average molecular weight is 856 g/mol. The van der Waals surface area contributed by atoms with Gasteiger partial charge in [-0.3, -0.25) is 0 Å². The number of hydrogen-bond acceptors (Lipinski definition) is 2. The summed E-state index contributed by atoms with van der Waals surface area (Å²) in [4.78, 5) is 0. The van der Waals surface area contributed by atoms with Gasteiger partial charge in [-0.2, -0.15) is 0 Å². The summed E-state index contributed by atoms with van der Waals surface area (Å²) in [5.74, 6) is 0.249. The van der Waals surface area contributed by atoms with Gasteiger partial charge in [-0.25, -0.2) is 0 Å². The molecule has 0 radical (unpaired) electrons. The SMILES string of the molecule is c1cc2c(c(-c3ccc4c(c3)oc3ccccc34)c1)-c1c(ccc3c1c1ccccc1n3-c1ccc3c4ccccc4c4ccccc4c3c1)C(Cc1cccc3oc4ccccc4c13)CC2. The molecule has 0 saturated carbocycles. The number of benzene rings is 11. The summed E-state index contributed by atoms with van der Waals surface area (Å²) in [5.41, 5.74) is 16.5. The van der Waals surface area contributed by atoms with Gasteiger partial charge in [0.05, 0.1) is 11.0 Å². The minimum Gasteiger partial charge on any atom is -0.456 e. The van der Waals surface area contributed by atoms with Crippen molar-refractivity contribution in [2.24, 2.45) is 0 Å². The van der Waals surface area contributed by atoms with Crippen LogP contribution in [-0.4, -0.2) is 4.57 Å². The van der Waals surface area contributed by atoms with E-state index in [0.717, 1.165) is 63.6 Å². The van der Waals surface area contributed by atoms with Gasteiger partial charge in [-0.05, 0) is 151 Å². The molecule has 1 unspecified atom stereocenters. The quantitative estimate of drug-likeness (QED) is 0.165. The highest BCUT2D eigenvalue weighted by Crippen LogP contribution is 2.51. The van der Waals surface area contributed by atoms with Crippen LogP contribution < -0.4 is 0 Å². The fraction of sp³-hybridized carbons (Fsp3) is 0.0625. The maximum Gasteiger partial charge on any atom is 0.136 e. The van der Waals surface area contributed by atoms with Crippen molar-refractivity contribution in [3.63, 3.8) is 0 Å². The van der Waals surface area contributed by atoms with Crippen LogP contribution in [0.1, 0.15) is 29.0 Å². The van der Waals surface area contributed by atoms with Crippen LogP contribution in [0.2, 0.25) is 0 Å². The summed E-state index contributed by atoms with van der Waals surface area (Å²) in [6.45, 7) is 0. The molecule has 3 nitrogen and oxygen atoms in total. The van der Waals surface area contributed by atoms with E-state index in [-0.39, 0.29) is 5.92 Å². The highest BCUT2D eigenvalue weighted by Gasteiger charge is 2.30. The first-order valence-electron chi connectivity index (χ1n) is 23.6. The molecule has 3 heterocycles. The normalized spacial score (nSPS) is 14.1. The number of fused-ring (bicyclic) bond motifs is 19. The Morgan fingerprint density at radius 3 is 1.82 bits per heavy atom. The predicted octanol–water partition coefficient (Wildman–Crippen LogP) is 17.6. The van der Waals surface area contributed by atoms with Crippen LogP contribution in [0.15, 0.2) is 215 Å². The van der Waals surface area contributed by atoms with Crippen LogP contribution in [-0.2, 0) is 12.8 Å². The third-order valence-electron chi connectivity index (χ3n) is 15.1. The molecule has 0 N–H and O–H groups in total. The number of furan rings is 2. The lowest BCUT2D eigenvalue weighted by Crippen LogP contribution is -2.05. The summed E-state index contributed by atoms with van der Waals surface area (Å²) in [6.07, 6.45) is 2.88. The first-order valence-corrected chi connectivity index (χ1v) is 23.6. The second kappa shape index (κ2) is 14.1. The summed E-state index contributed by atoms with van der Waals surface area (Å²) in [6, 6.07) is 76.1. The molecule has 11 aromatic carbocycles. The Morgan fingerprint density at radius 1 is 0.403 bits per heavy atom. The van der Waals surface area contributed by atoms with E-state index in [1.54, 1.807) is 0 Å². The van der Waals surface area contributed by atoms with Crippen molar-refractivity contribution >= 4 is 98.0 Å². The molecule has 1 aliphatic rings. The smallest absolute Gasteiger partial charge is 0.136 e. The number of para-hydroxylation sites is 3. The van der Waals surface area contributed by atoms with Gasteiger partial charge in [0, 0.05) is 38.0 Å². The average Bonchev–Trinajstić information content (AvgIpc) is 4.03. The van der Waals surface area contributed by atoms with E-state index < -0.39 is 0 Å². The largest absolute Gasteiger partial charge is 0.456 e. The molecule has 0 bridgehead atoms. The molecule has 3 aromatic heterocycles. The zero-order chi connectivity index (χ0) is 43.7. The van der Waals surface area contributed by atoms with Crippen LogP contribution in [0, 0.1) is 0 Å². The lowest BCUT2D eigenvalue weighted by Gasteiger charge is -2.21. The minimum absolute atomic E-state index is 0.249. The molecule has 1 aliphatic carbocycles. The molecule has 0 spiro atoms. The molecule has 14 aromatic rings. The van der Waals surface area contributed by atoms with E-state index in [0.29, 0.717) is 0 Å². The van der Waals surface area contributed by atoms with Gasteiger partial charge in [0.15, 0.2) is 0 Å². The second-order valence-corrected chi connectivity index (χ2v) is 18.6. The Balaban J connectivity index is 1.02. The number of aryl methyl sites for hydroxylation is 1. The molecule has 314 valence electrons. The highest BCUT2D eigenvalue weighted by atomic mass is 16.3. The first-order chi connectivity index (χ1) is 33.2. The van der Waals surface area contributed by atoms with Crippen LogP contribution in [0.3, 0.4) is 0 Å². The van der Waals surface area contributed by atoms with Gasteiger partial charge < -0.3 is 13.4 Å². The highest BCUT2D eigenvalue weighted by molar-refractivity contribution is 6.26. The van der Waals surface area contributed by atoms with E-state index in [4.69, 9.17) is 8.83 Å². The third kappa shape index (κ3) is 5.34. The maximum absolute atomic E-state index is 6.55.